The molecular weight excluding hydrogens is 290 g/mol. The van der Waals surface area contributed by atoms with Crippen molar-refractivity contribution in [3.8, 4) is 0 Å². The highest BCUT2D eigenvalue weighted by atomic mass is 16.2. The Morgan fingerprint density at radius 1 is 1.00 bits per heavy atom. The van der Waals surface area contributed by atoms with Gasteiger partial charge in [-0.2, -0.15) is 0 Å². The molecule has 0 radical (unpaired) electrons. The van der Waals surface area contributed by atoms with Gasteiger partial charge in [-0.3, -0.25) is 9.59 Å². The van der Waals surface area contributed by atoms with E-state index in [9.17, 15) is 9.59 Å². The van der Waals surface area contributed by atoms with Crippen molar-refractivity contribution in [1.82, 2.24) is 15.1 Å². The summed E-state index contributed by atoms with van der Waals surface area (Å²) in [6, 6.07) is 0.572. The highest BCUT2D eigenvalue weighted by Gasteiger charge is 2.27. The summed E-state index contributed by atoms with van der Waals surface area (Å²) in [4.78, 5) is 28.4. The fraction of sp³-hybridized carbons (Fsp3) is 0.889. The first-order valence-electron chi connectivity index (χ1n) is 9.51. The van der Waals surface area contributed by atoms with Crippen molar-refractivity contribution in [2.24, 2.45) is 5.92 Å². The molecule has 0 spiro atoms. The van der Waals surface area contributed by atoms with Crippen molar-refractivity contribution in [1.29, 1.82) is 0 Å². The van der Waals surface area contributed by atoms with Gasteiger partial charge >= 0.3 is 0 Å². The number of piperidine rings is 1. The standard InChI is InChI=1S/C18H31N3O2/c22-17-5-3-1-2-4-10-21(17)14-18(23)20-11-8-16(9-12-20)19-13-15-6-7-15/h15-16,19H,1-14H2. The van der Waals surface area contributed by atoms with Gasteiger partial charge in [-0.1, -0.05) is 12.8 Å². The van der Waals surface area contributed by atoms with Gasteiger partial charge in [0.25, 0.3) is 0 Å². The zero-order valence-electron chi connectivity index (χ0n) is 14.3. The molecule has 0 aromatic heterocycles. The molecule has 23 heavy (non-hydrogen) atoms. The number of amides is 2. The highest BCUT2D eigenvalue weighted by molar-refractivity contribution is 5.85. The van der Waals surface area contributed by atoms with Crippen LogP contribution in [0.25, 0.3) is 0 Å². The monoisotopic (exact) mass is 321 g/mol. The van der Waals surface area contributed by atoms with E-state index in [0.29, 0.717) is 19.0 Å². The molecule has 130 valence electrons. The second-order valence-electron chi connectivity index (χ2n) is 7.49. The summed E-state index contributed by atoms with van der Waals surface area (Å²) in [5.41, 5.74) is 0. The number of likely N-dealkylation sites (tertiary alicyclic amines) is 2. The summed E-state index contributed by atoms with van der Waals surface area (Å²) in [6.45, 7) is 3.87. The lowest BCUT2D eigenvalue weighted by Crippen LogP contribution is -2.49. The van der Waals surface area contributed by atoms with E-state index in [2.05, 4.69) is 5.32 Å². The Balaban J connectivity index is 1.40. The van der Waals surface area contributed by atoms with Crippen LogP contribution in [0.2, 0.25) is 0 Å². The number of hydrogen-bond acceptors (Lipinski definition) is 3. The number of hydrogen-bond donors (Lipinski definition) is 1. The molecule has 0 unspecified atom stereocenters. The first-order chi connectivity index (χ1) is 11.2. The average Bonchev–Trinajstić information content (AvgIpc) is 3.37. The van der Waals surface area contributed by atoms with Gasteiger partial charge in [0.15, 0.2) is 0 Å². The Bertz CT molecular complexity index is 414. The SMILES string of the molecule is O=C(CN1CCCCCCC1=O)N1CCC(NCC2CC2)CC1. The maximum atomic E-state index is 12.5. The molecule has 0 bridgehead atoms. The number of nitrogens with one attached hydrogen (secondary N) is 1. The van der Waals surface area contributed by atoms with Crippen LogP contribution in [0.4, 0.5) is 0 Å². The molecule has 2 heterocycles. The summed E-state index contributed by atoms with van der Waals surface area (Å²) in [6.07, 6.45) is 9.81. The van der Waals surface area contributed by atoms with Crippen LogP contribution >= 0.6 is 0 Å². The maximum absolute atomic E-state index is 12.5. The minimum Gasteiger partial charge on any atom is -0.341 e. The number of rotatable bonds is 5. The smallest absolute Gasteiger partial charge is 0.242 e. The number of nitrogens with zero attached hydrogens (tertiary/aromatic N) is 2. The van der Waals surface area contributed by atoms with E-state index in [1.165, 1.54) is 19.3 Å². The van der Waals surface area contributed by atoms with Crippen LogP contribution in [0.15, 0.2) is 0 Å². The van der Waals surface area contributed by atoms with E-state index < -0.39 is 0 Å². The van der Waals surface area contributed by atoms with E-state index >= 15 is 0 Å². The van der Waals surface area contributed by atoms with Gasteiger partial charge in [0.1, 0.15) is 0 Å². The van der Waals surface area contributed by atoms with E-state index in [1.807, 2.05) is 4.90 Å². The van der Waals surface area contributed by atoms with Crippen LogP contribution in [-0.4, -0.2) is 60.4 Å². The van der Waals surface area contributed by atoms with Crippen molar-refractivity contribution < 1.29 is 9.59 Å². The van der Waals surface area contributed by atoms with E-state index in [-0.39, 0.29) is 11.8 Å². The summed E-state index contributed by atoms with van der Waals surface area (Å²) in [5.74, 6) is 1.21. The third-order valence-electron chi connectivity index (χ3n) is 5.49. The molecule has 1 aliphatic carbocycles. The predicted octanol–water partition coefficient (Wildman–Crippen LogP) is 1.77. The number of carbonyl (C=O) groups is 2. The lowest BCUT2D eigenvalue weighted by Gasteiger charge is -2.34. The lowest BCUT2D eigenvalue weighted by atomic mass is 10.0. The number of carbonyl (C=O) groups excluding carboxylic acids is 2. The third kappa shape index (κ3) is 5.20. The second kappa shape index (κ2) is 8.13. The first kappa shape index (κ1) is 16.7. The van der Waals surface area contributed by atoms with Gasteiger partial charge in [-0.15, -0.1) is 0 Å². The Kier molecular flexibility index (Phi) is 5.92. The summed E-state index contributed by atoms with van der Waals surface area (Å²) in [5, 5.41) is 3.64. The molecular formula is C18H31N3O2. The second-order valence-corrected chi connectivity index (χ2v) is 7.49. The Morgan fingerprint density at radius 3 is 2.48 bits per heavy atom. The molecule has 2 amide bonds. The predicted molar refractivity (Wildman–Crippen MR) is 90.0 cm³/mol. The van der Waals surface area contributed by atoms with Crippen molar-refractivity contribution in [3.63, 3.8) is 0 Å². The Labute approximate surface area is 139 Å². The third-order valence-corrected chi connectivity index (χ3v) is 5.49. The molecule has 3 rings (SSSR count). The molecule has 3 aliphatic rings. The minimum atomic E-state index is 0.138. The van der Waals surface area contributed by atoms with Gasteiger partial charge < -0.3 is 15.1 Å². The Morgan fingerprint density at radius 2 is 1.74 bits per heavy atom. The molecule has 0 aromatic carbocycles. The molecule has 0 atom stereocenters. The van der Waals surface area contributed by atoms with Crippen LogP contribution in [0.3, 0.4) is 0 Å². The molecule has 1 saturated carbocycles. The Hall–Kier alpha value is -1.10. The van der Waals surface area contributed by atoms with Crippen LogP contribution < -0.4 is 5.32 Å². The first-order valence-corrected chi connectivity index (χ1v) is 9.51. The van der Waals surface area contributed by atoms with Crippen molar-refractivity contribution in [3.05, 3.63) is 0 Å². The molecule has 0 aromatic rings. The van der Waals surface area contributed by atoms with Crippen molar-refractivity contribution in [2.45, 2.75) is 63.8 Å². The largest absolute Gasteiger partial charge is 0.341 e. The van der Waals surface area contributed by atoms with Gasteiger partial charge in [0.05, 0.1) is 6.54 Å². The molecule has 5 heteroatoms. The fourth-order valence-electron chi connectivity index (χ4n) is 3.63. The van der Waals surface area contributed by atoms with E-state index in [0.717, 1.165) is 64.2 Å². The van der Waals surface area contributed by atoms with Gasteiger partial charge in [-0.05, 0) is 51.0 Å². The summed E-state index contributed by atoms with van der Waals surface area (Å²) < 4.78 is 0. The maximum Gasteiger partial charge on any atom is 0.242 e. The summed E-state index contributed by atoms with van der Waals surface area (Å²) >= 11 is 0. The van der Waals surface area contributed by atoms with Crippen molar-refractivity contribution >= 4 is 11.8 Å². The van der Waals surface area contributed by atoms with Crippen LogP contribution in [0.5, 0.6) is 0 Å². The average molecular weight is 321 g/mol. The molecule has 1 N–H and O–H groups in total. The van der Waals surface area contributed by atoms with E-state index in [1.54, 1.807) is 4.90 Å². The zero-order valence-corrected chi connectivity index (χ0v) is 14.3. The zero-order chi connectivity index (χ0) is 16.1. The van der Waals surface area contributed by atoms with Gasteiger partial charge in [0, 0.05) is 32.1 Å². The molecule has 5 nitrogen and oxygen atoms in total. The molecule has 2 aliphatic heterocycles. The van der Waals surface area contributed by atoms with Crippen molar-refractivity contribution in [2.75, 3.05) is 32.7 Å². The van der Waals surface area contributed by atoms with Crippen LogP contribution in [0.1, 0.15) is 57.8 Å². The lowest BCUT2D eigenvalue weighted by molar-refractivity contribution is -0.141. The van der Waals surface area contributed by atoms with E-state index in [4.69, 9.17) is 0 Å². The van der Waals surface area contributed by atoms with Gasteiger partial charge in [-0.25, -0.2) is 0 Å². The van der Waals surface area contributed by atoms with Crippen LogP contribution in [-0.2, 0) is 9.59 Å². The molecule has 2 saturated heterocycles. The van der Waals surface area contributed by atoms with Gasteiger partial charge in [0.2, 0.25) is 11.8 Å². The molecule has 3 fully saturated rings. The normalized spacial score (nSPS) is 24.4. The topological polar surface area (TPSA) is 52.7 Å². The summed E-state index contributed by atoms with van der Waals surface area (Å²) in [7, 11) is 0. The quantitative estimate of drug-likeness (QED) is 0.839. The minimum absolute atomic E-state index is 0.138. The highest BCUT2D eigenvalue weighted by Crippen LogP contribution is 2.28. The van der Waals surface area contributed by atoms with Crippen LogP contribution in [0, 0.1) is 5.92 Å². The fourth-order valence-corrected chi connectivity index (χ4v) is 3.63.